The largest absolute Gasteiger partial charge is 0.416 e. The van der Waals surface area contributed by atoms with Gasteiger partial charge in [0, 0.05) is 19.6 Å². The first-order chi connectivity index (χ1) is 17.5. The van der Waals surface area contributed by atoms with Crippen LogP contribution in [-0.4, -0.2) is 30.6 Å². The normalized spacial score (nSPS) is 18.2. The van der Waals surface area contributed by atoms with E-state index in [2.05, 4.69) is 10.2 Å². The highest BCUT2D eigenvalue weighted by molar-refractivity contribution is 5.85. The third kappa shape index (κ3) is 8.81. The maximum Gasteiger partial charge on any atom is 0.416 e. The first-order valence-electron chi connectivity index (χ1n) is 11.6. The summed E-state index contributed by atoms with van der Waals surface area (Å²) < 4.78 is 98.4. The quantitative estimate of drug-likeness (QED) is 0.286. The summed E-state index contributed by atoms with van der Waals surface area (Å²) in [6.45, 7) is 1.46. The van der Waals surface area contributed by atoms with Crippen LogP contribution in [0.4, 0.5) is 30.7 Å². The van der Waals surface area contributed by atoms with Crippen molar-refractivity contribution in [2.75, 3.05) is 19.7 Å². The van der Waals surface area contributed by atoms with Gasteiger partial charge in [-0.25, -0.2) is 4.39 Å². The Labute approximate surface area is 234 Å². The van der Waals surface area contributed by atoms with Crippen LogP contribution in [0.3, 0.4) is 0 Å². The maximum absolute atomic E-state index is 13.6. The molecule has 3 nitrogen and oxygen atoms in total. The molecule has 0 bridgehead atoms. The minimum Gasteiger partial charge on any atom is -0.375 e. The summed E-state index contributed by atoms with van der Waals surface area (Å²) in [6, 6.07) is 16.6. The summed E-state index contributed by atoms with van der Waals surface area (Å²) in [5, 5.41) is 3.34. The Kier molecular flexibility index (Phi) is 11.6. The van der Waals surface area contributed by atoms with Gasteiger partial charge in [0.05, 0.1) is 36.4 Å². The van der Waals surface area contributed by atoms with Gasteiger partial charge in [0.1, 0.15) is 5.82 Å². The minimum atomic E-state index is -4.92. The average molecular weight is 599 g/mol. The van der Waals surface area contributed by atoms with Crippen molar-refractivity contribution in [2.24, 2.45) is 0 Å². The third-order valence-electron chi connectivity index (χ3n) is 6.23. The van der Waals surface area contributed by atoms with Crippen molar-refractivity contribution in [3.63, 3.8) is 0 Å². The van der Waals surface area contributed by atoms with Crippen LogP contribution in [0.1, 0.15) is 33.9 Å². The molecule has 0 amide bonds. The number of halogens is 9. The molecule has 1 aliphatic rings. The van der Waals surface area contributed by atoms with Gasteiger partial charge in [0.2, 0.25) is 0 Å². The molecular formula is C27H27Cl2F7N2O. The lowest BCUT2D eigenvalue weighted by Gasteiger charge is -2.42. The van der Waals surface area contributed by atoms with E-state index in [9.17, 15) is 30.7 Å². The van der Waals surface area contributed by atoms with Gasteiger partial charge >= 0.3 is 12.4 Å². The van der Waals surface area contributed by atoms with E-state index in [-0.39, 0.29) is 61.0 Å². The van der Waals surface area contributed by atoms with Gasteiger partial charge in [-0.15, -0.1) is 24.8 Å². The highest BCUT2D eigenvalue weighted by atomic mass is 35.5. The van der Waals surface area contributed by atoms with Gasteiger partial charge in [-0.2, -0.15) is 26.3 Å². The number of alkyl halides is 6. The molecular weight excluding hydrogens is 572 g/mol. The van der Waals surface area contributed by atoms with Crippen LogP contribution in [0.15, 0.2) is 72.8 Å². The average Bonchev–Trinajstić information content (AvgIpc) is 2.84. The van der Waals surface area contributed by atoms with Crippen LogP contribution in [-0.2, 0) is 30.2 Å². The Balaban J connectivity index is 0.00000267. The fraction of sp³-hybridized carbons (Fsp3) is 0.333. The molecule has 12 heteroatoms. The molecule has 1 saturated heterocycles. The molecule has 39 heavy (non-hydrogen) atoms. The molecule has 2 atom stereocenters. The van der Waals surface area contributed by atoms with Gasteiger partial charge in [-0.05, 0) is 47.0 Å². The second-order valence-electron chi connectivity index (χ2n) is 8.94. The molecule has 1 heterocycles. The maximum atomic E-state index is 13.6. The topological polar surface area (TPSA) is 24.5 Å². The molecule has 0 spiro atoms. The summed E-state index contributed by atoms with van der Waals surface area (Å²) in [7, 11) is 0. The SMILES string of the molecule is Cl.Cl.Fc1ccc([C@@H]2[C@H](COCc3cc(C(F)(F)F)cc(C(F)(F)F)c3)NCCN2Cc2ccccc2)cc1. The van der Waals surface area contributed by atoms with Crippen molar-refractivity contribution < 1.29 is 35.5 Å². The lowest BCUT2D eigenvalue weighted by atomic mass is 9.95. The van der Waals surface area contributed by atoms with Gasteiger partial charge in [0.15, 0.2) is 0 Å². The summed E-state index contributed by atoms with van der Waals surface area (Å²) >= 11 is 0. The van der Waals surface area contributed by atoms with Crippen molar-refractivity contribution in [1.29, 1.82) is 0 Å². The number of rotatable bonds is 7. The number of hydrogen-bond donors (Lipinski definition) is 1. The molecule has 214 valence electrons. The molecule has 1 aliphatic heterocycles. The van der Waals surface area contributed by atoms with Crippen molar-refractivity contribution >= 4 is 24.8 Å². The highest BCUT2D eigenvalue weighted by Crippen LogP contribution is 2.36. The van der Waals surface area contributed by atoms with Crippen LogP contribution in [0.25, 0.3) is 0 Å². The number of benzene rings is 3. The molecule has 3 aromatic rings. The first-order valence-corrected chi connectivity index (χ1v) is 11.6. The van der Waals surface area contributed by atoms with Crippen LogP contribution in [0.2, 0.25) is 0 Å². The Morgan fingerprint density at radius 1 is 0.795 bits per heavy atom. The second kappa shape index (κ2) is 13.8. The summed E-state index contributed by atoms with van der Waals surface area (Å²) in [5.74, 6) is -0.389. The van der Waals surface area contributed by atoms with Gasteiger partial charge in [-0.1, -0.05) is 42.5 Å². The fourth-order valence-electron chi connectivity index (χ4n) is 4.55. The zero-order valence-corrected chi connectivity index (χ0v) is 22.1. The van der Waals surface area contributed by atoms with Crippen LogP contribution >= 0.6 is 24.8 Å². The Morgan fingerprint density at radius 3 is 1.95 bits per heavy atom. The van der Waals surface area contributed by atoms with Crippen LogP contribution < -0.4 is 5.32 Å². The molecule has 1 fully saturated rings. The van der Waals surface area contributed by atoms with Gasteiger partial charge in [0.25, 0.3) is 0 Å². The summed E-state index contributed by atoms with van der Waals surface area (Å²) in [6.07, 6.45) is -9.85. The minimum absolute atomic E-state index is 0. The molecule has 0 saturated carbocycles. The Morgan fingerprint density at radius 2 is 1.38 bits per heavy atom. The third-order valence-corrected chi connectivity index (χ3v) is 6.23. The van der Waals surface area contributed by atoms with E-state index in [0.29, 0.717) is 31.8 Å². The van der Waals surface area contributed by atoms with Crippen molar-refractivity contribution in [2.45, 2.75) is 37.6 Å². The molecule has 0 radical (unpaired) electrons. The Hall–Kier alpha value is -2.37. The Bertz CT molecular complexity index is 1140. The van der Waals surface area contributed by atoms with E-state index >= 15 is 0 Å². The first kappa shape index (κ1) is 32.8. The van der Waals surface area contributed by atoms with Crippen molar-refractivity contribution in [3.8, 4) is 0 Å². The van der Waals surface area contributed by atoms with Gasteiger partial charge in [-0.3, -0.25) is 4.90 Å². The molecule has 3 aromatic carbocycles. The smallest absolute Gasteiger partial charge is 0.375 e. The number of piperazine rings is 1. The van der Waals surface area contributed by atoms with E-state index in [1.54, 1.807) is 12.1 Å². The zero-order valence-electron chi connectivity index (χ0n) is 20.4. The lowest BCUT2D eigenvalue weighted by molar-refractivity contribution is -0.143. The molecule has 0 aliphatic carbocycles. The van der Waals surface area contributed by atoms with Gasteiger partial charge < -0.3 is 10.1 Å². The van der Waals surface area contributed by atoms with E-state index in [1.165, 1.54) is 12.1 Å². The molecule has 0 aromatic heterocycles. The predicted octanol–water partition coefficient (Wildman–Crippen LogP) is 7.44. The summed E-state index contributed by atoms with van der Waals surface area (Å²) in [5.41, 5.74) is -1.10. The zero-order chi connectivity index (χ0) is 26.6. The standard InChI is InChI=1S/C27H25F7N2O.2ClH/c28-23-8-6-20(7-9-23)25-24(35-10-11-36(25)15-18-4-2-1-3-5-18)17-37-16-19-12-21(26(29,30)31)14-22(13-19)27(32,33)34;;/h1-9,12-14,24-25,35H,10-11,15-17H2;2*1H/t24-,25+;;/m0../s1. The van der Waals surface area contributed by atoms with E-state index in [1.807, 2.05) is 30.3 Å². The molecule has 1 N–H and O–H groups in total. The summed E-state index contributed by atoms with van der Waals surface area (Å²) in [4.78, 5) is 2.19. The molecule has 4 rings (SSSR count). The lowest BCUT2D eigenvalue weighted by Crippen LogP contribution is -2.54. The fourth-order valence-corrected chi connectivity index (χ4v) is 4.55. The van der Waals surface area contributed by atoms with Crippen LogP contribution in [0.5, 0.6) is 0 Å². The number of hydrogen-bond acceptors (Lipinski definition) is 3. The number of nitrogens with one attached hydrogen (secondary N) is 1. The molecule has 0 unspecified atom stereocenters. The van der Waals surface area contributed by atoms with Crippen molar-refractivity contribution in [3.05, 3.63) is 106 Å². The predicted molar refractivity (Wildman–Crippen MR) is 138 cm³/mol. The monoisotopic (exact) mass is 598 g/mol. The highest BCUT2D eigenvalue weighted by Gasteiger charge is 2.37. The van der Waals surface area contributed by atoms with E-state index in [4.69, 9.17) is 4.74 Å². The number of ether oxygens (including phenoxy) is 1. The van der Waals surface area contributed by atoms with Crippen LogP contribution in [0, 0.1) is 5.82 Å². The second-order valence-corrected chi connectivity index (χ2v) is 8.94. The van der Waals surface area contributed by atoms with Crippen molar-refractivity contribution in [1.82, 2.24) is 10.2 Å². The van der Waals surface area contributed by atoms with E-state index < -0.39 is 30.1 Å². The number of nitrogens with zero attached hydrogens (tertiary/aromatic N) is 1. The van der Waals surface area contributed by atoms with E-state index in [0.717, 1.165) is 11.1 Å².